The van der Waals surface area contributed by atoms with Crippen LogP contribution in [0.5, 0.6) is 0 Å². The molecule has 1 saturated carbocycles. The number of amides is 1. The molecule has 0 unspecified atom stereocenters. The first-order valence-corrected chi connectivity index (χ1v) is 5.47. The van der Waals surface area contributed by atoms with Crippen LogP contribution in [0.2, 0.25) is 0 Å². The lowest BCUT2D eigenvalue weighted by molar-refractivity contribution is -0.138. The number of rotatable bonds is 1. The van der Waals surface area contributed by atoms with E-state index in [2.05, 4.69) is 5.32 Å². The van der Waals surface area contributed by atoms with E-state index in [1.807, 2.05) is 4.90 Å². The lowest BCUT2D eigenvalue weighted by atomic mass is 9.91. The van der Waals surface area contributed by atoms with Gasteiger partial charge in [0.1, 0.15) is 0 Å². The molecule has 4 nitrogen and oxygen atoms in total. The van der Waals surface area contributed by atoms with Gasteiger partial charge < -0.3 is 15.3 Å². The van der Waals surface area contributed by atoms with Gasteiger partial charge in [-0.3, -0.25) is 4.79 Å². The van der Waals surface area contributed by atoms with Gasteiger partial charge in [0.05, 0.1) is 18.7 Å². The lowest BCUT2D eigenvalue weighted by Gasteiger charge is -2.39. The summed E-state index contributed by atoms with van der Waals surface area (Å²) in [5.41, 5.74) is 0. The van der Waals surface area contributed by atoms with Crippen LogP contribution in [0.15, 0.2) is 0 Å². The molecule has 0 bridgehead atoms. The number of carbonyl (C=O) groups excluding carboxylic acids is 1. The summed E-state index contributed by atoms with van der Waals surface area (Å²) in [4.78, 5) is 13.5. The summed E-state index contributed by atoms with van der Waals surface area (Å²) in [5.74, 6) is 0.141. The summed E-state index contributed by atoms with van der Waals surface area (Å²) >= 11 is 0. The summed E-state index contributed by atoms with van der Waals surface area (Å²) in [5, 5.41) is 12.9. The molecule has 0 radical (unpaired) electrons. The summed E-state index contributed by atoms with van der Waals surface area (Å²) in [7, 11) is 0. The van der Waals surface area contributed by atoms with E-state index in [4.69, 9.17) is 0 Å². The quantitative estimate of drug-likeness (QED) is 0.609. The van der Waals surface area contributed by atoms with Crippen molar-refractivity contribution >= 4 is 5.91 Å². The van der Waals surface area contributed by atoms with Gasteiger partial charge in [0.25, 0.3) is 0 Å². The minimum absolute atomic E-state index is 0.0818. The molecule has 14 heavy (non-hydrogen) atoms. The average molecular weight is 198 g/mol. The SMILES string of the molecule is O=C1CNCCN1[C@@H]1CCCC[C@H]1O. The zero-order valence-electron chi connectivity index (χ0n) is 8.41. The maximum atomic E-state index is 11.6. The Kier molecular flexibility index (Phi) is 3.03. The van der Waals surface area contributed by atoms with Crippen molar-refractivity contribution in [1.29, 1.82) is 0 Å². The number of hydrogen-bond donors (Lipinski definition) is 2. The van der Waals surface area contributed by atoms with Crippen LogP contribution in [0.25, 0.3) is 0 Å². The Morgan fingerprint density at radius 3 is 2.86 bits per heavy atom. The minimum atomic E-state index is -0.300. The molecule has 2 fully saturated rings. The molecular formula is C10H18N2O2. The molecule has 0 aromatic heterocycles. The molecule has 1 heterocycles. The van der Waals surface area contributed by atoms with Gasteiger partial charge in [-0.15, -0.1) is 0 Å². The monoisotopic (exact) mass is 198 g/mol. The average Bonchev–Trinajstić information content (AvgIpc) is 2.20. The van der Waals surface area contributed by atoms with Crippen molar-refractivity contribution in [3.05, 3.63) is 0 Å². The van der Waals surface area contributed by atoms with E-state index in [1.54, 1.807) is 0 Å². The van der Waals surface area contributed by atoms with Gasteiger partial charge >= 0.3 is 0 Å². The van der Waals surface area contributed by atoms with Crippen molar-refractivity contribution in [2.24, 2.45) is 0 Å². The van der Waals surface area contributed by atoms with Crippen molar-refractivity contribution in [3.63, 3.8) is 0 Å². The van der Waals surface area contributed by atoms with E-state index in [1.165, 1.54) is 0 Å². The summed E-state index contributed by atoms with van der Waals surface area (Å²) < 4.78 is 0. The van der Waals surface area contributed by atoms with E-state index >= 15 is 0 Å². The Morgan fingerprint density at radius 1 is 1.36 bits per heavy atom. The predicted octanol–water partition coefficient (Wildman–Crippen LogP) is -0.278. The van der Waals surface area contributed by atoms with Crippen molar-refractivity contribution in [2.75, 3.05) is 19.6 Å². The highest BCUT2D eigenvalue weighted by Crippen LogP contribution is 2.23. The van der Waals surface area contributed by atoms with Gasteiger partial charge in [-0.25, -0.2) is 0 Å². The molecule has 0 spiro atoms. The molecule has 4 heteroatoms. The highest BCUT2D eigenvalue weighted by Gasteiger charge is 2.32. The number of aliphatic hydroxyl groups is 1. The summed E-state index contributed by atoms with van der Waals surface area (Å²) in [6, 6.07) is 0.0818. The van der Waals surface area contributed by atoms with Gasteiger partial charge in [-0.05, 0) is 12.8 Å². The largest absolute Gasteiger partial charge is 0.391 e. The summed E-state index contributed by atoms with van der Waals surface area (Å²) in [6.07, 6.45) is 3.75. The molecule has 2 atom stereocenters. The van der Waals surface area contributed by atoms with Crippen LogP contribution in [0.1, 0.15) is 25.7 Å². The molecule has 0 aromatic carbocycles. The van der Waals surface area contributed by atoms with Crippen molar-refractivity contribution in [1.82, 2.24) is 10.2 Å². The highest BCUT2D eigenvalue weighted by atomic mass is 16.3. The van der Waals surface area contributed by atoms with E-state index < -0.39 is 0 Å². The Morgan fingerprint density at radius 2 is 2.14 bits per heavy atom. The third kappa shape index (κ3) is 1.91. The van der Waals surface area contributed by atoms with Gasteiger partial charge in [-0.2, -0.15) is 0 Å². The Bertz CT molecular complexity index is 220. The number of nitrogens with zero attached hydrogens (tertiary/aromatic N) is 1. The third-order valence-corrected chi connectivity index (χ3v) is 3.22. The number of piperazine rings is 1. The van der Waals surface area contributed by atoms with Crippen molar-refractivity contribution in [3.8, 4) is 0 Å². The maximum Gasteiger partial charge on any atom is 0.236 e. The number of nitrogens with one attached hydrogen (secondary N) is 1. The molecule has 2 N–H and O–H groups in total. The standard InChI is InChI=1S/C10H18N2O2/c13-9-4-2-1-3-8(9)12-6-5-11-7-10(12)14/h8-9,11,13H,1-7H2/t8-,9-/m1/s1. The third-order valence-electron chi connectivity index (χ3n) is 3.22. The zero-order valence-corrected chi connectivity index (χ0v) is 8.41. The molecule has 2 rings (SSSR count). The molecule has 1 aliphatic carbocycles. The van der Waals surface area contributed by atoms with Gasteiger partial charge in [-0.1, -0.05) is 12.8 Å². The van der Waals surface area contributed by atoms with Crippen molar-refractivity contribution in [2.45, 2.75) is 37.8 Å². The topological polar surface area (TPSA) is 52.6 Å². The second kappa shape index (κ2) is 4.28. The normalized spacial score (nSPS) is 34.6. The number of carbonyl (C=O) groups is 1. The maximum absolute atomic E-state index is 11.6. The van der Waals surface area contributed by atoms with Crippen LogP contribution < -0.4 is 5.32 Å². The van der Waals surface area contributed by atoms with Crippen LogP contribution in [0.3, 0.4) is 0 Å². The molecule has 0 aromatic rings. The van der Waals surface area contributed by atoms with Gasteiger partial charge in [0.2, 0.25) is 5.91 Å². The summed E-state index contributed by atoms with van der Waals surface area (Å²) in [6.45, 7) is 2.04. The fourth-order valence-corrected chi connectivity index (χ4v) is 2.43. The first-order valence-electron chi connectivity index (χ1n) is 5.47. The van der Waals surface area contributed by atoms with E-state index in [9.17, 15) is 9.90 Å². The van der Waals surface area contributed by atoms with E-state index in [-0.39, 0.29) is 18.1 Å². The Balaban J connectivity index is 2.00. The first-order chi connectivity index (χ1) is 6.79. The lowest BCUT2D eigenvalue weighted by Crippen LogP contribution is -2.56. The Hall–Kier alpha value is -0.610. The molecule has 80 valence electrons. The van der Waals surface area contributed by atoms with Crippen LogP contribution in [0, 0.1) is 0 Å². The van der Waals surface area contributed by atoms with Crippen LogP contribution in [-0.2, 0) is 4.79 Å². The highest BCUT2D eigenvalue weighted by molar-refractivity contribution is 5.79. The second-order valence-corrected chi connectivity index (χ2v) is 4.18. The van der Waals surface area contributed by atoms with E-state index in [0.29, 0.717) is 6.54 Å². The molecular weight excluding hydrogens is 180 g/mol. The minimum Gasteiger partial charge on any atom is -0.391 e. The van der Waals surface area contributed by atoms with Crippen LogP contribution in [-0.4, -0.2) is 47.7 Å². The fourth-order valence-electron chi connectivity index (χ4n) is 2.43. The smallest absolute Gasteiger partial charge is 0.236 e. The molecule has 1 saturated heterocycles. The van der Waals surface area contributed by atoms with Gasteiger partial charge in [0.15, 0.2) is 0 Å². The van der Waals surface area contributed by atoms with Crippen LogP contribution in [0.4, 0.5) is 0 Å². The molecule has 1 amide bonds. The number of aliphatic hydroxyl groups excluding tert-OH is 1. The molecule has 1 aliphatic heterocycles. The zero-order chi connectivity index (χ0) is 9.97. The molecule has 2 aliphatic rings. The van der Waals surface area contributed by atoms with Crippen molar-refractivity contribution < 1.29 is 9.90 Å². The number of hydrogen-bond acceptors (Lipinski definition) is 3. The Labute approximate surface area is 84.3 Å². The second-order valence-electron chi connectivity index (χ2n) is 4.18. The van der Waals surface area contributed by atoms with Gasteiger partial charge in [0, 0.05) is 13.1 Å². The predicted molar refractivity (Wildman–Crippen MR) is 52.8 cm³/mol. The van der Waals surface area contributed by atoms with E-state index in [0.717, 1.165) is 38.8 Å². The first kappa shape index (κ1) is 9.93. The fraction of sp³-hybridized carbons (Fsp3) is 0.900. The van der Waals surface area contributed by atoms with Crippen LogP contribution >= 0.6 is 0 Å².